The van der Waals surface area contributed by atoms with Gasteiger partial charge in [0, 0.05) is 12.1 Å². The van der Waals surface area contributed by atoms with Gasteiger partial charge in [-0.1, -0.05) is 0 Å². The Morgan fingerprint density at radius 3 is 2.94 bits per heavy atom. The number of furan rings is 1. The lowest BCUT2D eigenvalue weighted by Gasteiger charge is -2.11. The molecule has 2 heterocycles. The molecule has 4 nitrogen and oxygen atoms in total. The molecule has 0 bridgehead atoms. The van der Waals surface area contributed by atoms with Crippen molar-refractivity contribution in [2.75, 3.05) is 0 Å². The van der Waals surface area contributed by atoms with Crippen LogP contribution in [0, 0.1) is 6.92 Å². The van der Waals surface area contributed by atoms with E-state index < -0.39 is 6.10 Å². The number of aromatic nitrogens is 2. The van der Waals surface area contributed by atoms with Gasteiger partial charge in [-0.25, -0.2) is 0 Å². The molecule has 0 aliphatic rings. The molecular formula is C11H13BrN2O2. The van der Waals surface area contributed by atoms with Crippen molar-refractivity contribution >= 4 is 15.9 Å². The maximum atomic E-state index is 10.2. The molecule has 1 unspecified atom stereocenters. The monoisotopic (exact) mass is 284 g/mol. The summed E-state index contributed by atoms with van der Waals surface area (Å²) >= 11 is 3.39. The minimum atomic E-state index is -0.714. The van der Waals surface area contributed by atoms with Crippen LogP contribution in [-0.4, -0.2) is 14.9 Å². The van der Waals surface area contributed by atoms with E-state index in [-0.39, 0.29) is 0 Å². The molecular weight excluding hydrogens is 272 g/mol. The molecule has 0 saturated carbocycles. The molecule has 0 fully saturated rings. The van der Waals surface area contributed by atoms with E-state index in [9.17, 15) is 5.11 Å². The molecule has 0 aromatic carbocycles. The summed E-state index contributed by atoms with van der Waals surface area (Å²) in [7, 11) is 0. The van der Waals surface area contributed by atoms with Gasteiger partial charge in [-0.15, -0.1) is 0 Å². The van der Waals surface area contributed by atoms with Crippen LogP contribution in [0.1, 0.15) is 30.0 Å². The summed E-state index contributed by atoms with van der Waals surface area (Å²) < 4.78 is 7.76. The molecule has 1 atom stereocenters. The fourth-order valence-electron chi connectivity index (χ4n) is 1.66. The first-order valence-electron chi connectivity index (χ1n) is 5.07. The van der Waals surface area contributed by atoms with Crippen molar-refractivity contribution in [3.63, 3.8) is 0 Å². The molecule has 0 spiro atoms. The Balaban J connectivity index is 2.40. The first-order valence-corrected chi connectivity index (χ1v) is 5.87. The topological polar surface area (TPSA) is 51.2 Å². The molecule has 2 rings (SSSR count). The van der Waals surface area contributed by atoms with Crippen molar-refractivity contribution in [1.82, 2.24) is 9.78 Å². The van der Waals surface area contributed by atoms with Crippen molar-refractivity contribution in [2.45, 2.75) is 26.5 Å². The maximum absolute atomic E-state index is 10.2. The van der Waals surface area contributed by atoms with E-state index in [2.05, 4.69) is 21.0 Å². The third kappa shape index (κ3) is 1.92. The summed E-state index contributed by atoms with van der Waals surface area (Å²) in [4.78, 5) is 0. The summed E-state index contributed by atoms with van der Waals surface area (Å²) in [6.07, 6.45) is 2.54. The third-order valence-corrected chi connectivity index (χ3v) is 3.07. The highest BCUT2D eigenvalue weighted by Crippen LogP contribution is 2.29. The predicted molar refractivity (Wildman–Crippen MR) is 63.1 cm³/mol. The van der Waals surface area contributed by atoms with Crippen LogP contribution >= 0.6 is 15.9 Å². The lowest BCUT2D eigenvalue weighted by Crippen LogP contribution is -2.09. The highest BCUT2D eigenvalue weighted by Gasteiger charge is 2.20. The van der Waals surface area contributed by atoms with E-state index in [4.69, 9.17) is 4.42 Å². The van der Waals surface area contributed by atoms with Gasteiger partial charge < -0.3 is 9.52 Å². The van der Waals surface area contributed by atoms with Gasteiger partial charge in [0.05, 0.1) is 22.6 Å². The van der Waals surface area contributed by atoms with Crippen LogP contribution in [-0.2, 0) is 6.54 Å². The zero-order valence-electron chi connectivity index (χ0n) is 9.14. The van der Waals surface area contributed by atoms with E-state index in [1.807, 2.05) is 19.9 Å². The number of aryl methyl sites for hydroxylation is 2. The highest BCUT2D eigenvalue weighted by atomic mass is 79.9. The third-order valence-electron chi connectivity index (χ3n) is 2.46. The van der Waals surface area contributed by atoms with E-state index in [1.54, 1.807) is 17.1 Å². The van der Waals surface area contributed by atoms with Crippen molar-refractivity contribution in [2.24, 2.45) is 0 Å². The molecule has 86 valence electrons. The molecule has 0 amide bonds. The van der Waals surface area contributed by atoms with Crippen LogP contribution in [0.5, 0.6) is 0 Å². The number of aliphatic hydroxyl groups excluding tert-OH is 1. The standard InChI is InChI=1S/C11H13BrN2O2/c1-3-14-10(9(12)5-13-14)11(15)8-4-7(2)16-6-8/h4-6,11,15H,3H2,1-2H3. The average molecular weight is 285 g/mol. The number of halogens is 1. The number of aliphatic hydroxyl groups is 1. The van der Waals surface area contributed by atoms with E-state index in [1.165, 1.54) is 0 Å². The molecule has 0 aliphatic carbocycles. The quantitative estimate of drug-likeness (QED) is 0.943. The number of nitrogens with zero attached hydrogens (tertiary/aromatic N) is 2. The second-order valence-electron chi connectivity index (χ2n) is 3.59. The van der Waals surface area contributed by atoms with Crippen molar-refractivity contribution in [3.05, 3.63) is 40.0 Å². The normalized spacial score (nSPS) is 13.0. The van der Waals surface area contributed by atoms with Gasteiger partial charge in [0.2, 0.25) is 0 Å². The van der Waals surface area contributed by atoms with Crippen LogP contribution in [0.4, 0.5) is 0 Å². The Hall–Kier alpha value is -1.07. The van der Waals surface area contributed by atoms with Gasteiger partial charge in [-0.2, -0.15) is 5.10 Å². The molecule has 16 heavy (non-hydrogen) atoms. The fraction of sp³-hybridized carbons (Fsp3) is 0.364. The number of hydrogen-bond donors (Lipinski definition) is 1. The molecule has 2 aromatic heterocycles. The number of rotatable bonds is 3. The van der Waals surface area contributed by atoms with E-state index >= 15 is 0 Å². The second kappa shape index (κ2) is 4.43. The van der Waals surface area contributed by atoms with Crippen LogP contribution in [0.3, 0.4) is 0 Å². The maximum Gasteiger partial charge on any atom is 0.125 e. The highest BCUT2D eigenvalue weighted by molar-refractivity contribution is 9.10. The van der Waals surface area contributed by atoms with Gasteiger partial charge >= 0.3 is 0 Å². The molecule has 5 heteroatoms. The van der Waals surface area contributed by atoms with Gasteiger partial charge in [-0.3, -0.25) is 4.68 Å². The average Bonchev–Trinajstić information content (AvgIpc) is 2.83. The number of hydrogen-bond acceptors (Lipinski definition) is 3. The Morgan fingerprint density at radius 2 is 2.38 bits per heavy atom. The summed E-state index contributed by atoms with van der Waals surface area (Å²) in [5.74, 6) is 0.785. The fourth-order valence-corrected chi connectivity index (χ4v) is 2.17. The van der Waals surface area contributed by atoms with Gasteiger partial charge in [0.25, 0.3) is 0 Å². The van der Waals surface area contributed by atoms with Crippen molar-refractivity contribution in [1.29, 1.82) is 0 Å². The predicted octanol–water partition coefficient (Wildman–Crippen LogP) is 2.65. The molecule has 1 N–H and O–H groups in total. The lowest BCUT2D eigenvalue weighted by atomic mass is 10.1. The summed E-state index contributed by atoms with van der Waals surface area (Å²) in [6, 6.07) is 1.82. The Labute approximate surface area is 102 Å². The Morgan fingerprint density at radius 1 is 1.62 bits per heavy atom. The van der Waals surface area contributed by atoms with Gasteiger partial charge in [0.15, 0.2) is 0 Å². The molecule has 0 aliphatic heterocycles. The smallest absolute Gasteiger partial charge is 0.125 e. The summed E-state index contributed by atoms with van der Waals surface area (Å²) in [5, 5.41) is 14.4. The van der Waals surface area contributed by atoms with Crippen LogP contribution in [0.15, 0.2) is 27.4 Å². The first kappa shape index (κ1) is 11.4. The van der Waals surface area contributed by atoms with Gasteiger partial charge in [-0.05, 0) is 35.8 Å². The minimum absolute atomic E-state index is 0.714. The van der Waals surface area contributed by atoms with Crippen molar-refractivity contribution in [3.8, 4) is 0 Å². The molecule has 2 aromatic rings. The Kier molecular flexibility index (Phi) is 3.16. The van der Waals surface area contributed by atoms with Gasteiger partial charge in [0.1, 0.15) is 11.9 Å². The summed E-state index contributed by atoms with van der Waals surface area (Å²) in [5.41, 5.74) is 1.50. The first-order chi connectivity index (χ1) is 7.63. The zero-order chi connectivity index (χ0) is 11.7. The van der Waals surface area contributed by atoms with Crippen molar-refractivity contribution < 1.29 is 9.52 Å². The zero-order valence-corrected chi connectivity index (χ0v) is 10.7. The lowest BCUT2D eigenvalue weighted by molar-refractivity contribution is 0.206. The van der Waals surface area contributed by atoms with Crippen LogP contribution < -0.4 is 0 Å². The molecule has 0 radical (unpaired) electrons. The summed E-state index contributed by atoms with van der Waals surface area (Å²) in [6.45, 7) is 4.55. The van der Waals surface area contributed by atoms with Crippen LogP contribution in [0.25, 0.3) is 0 Å². The second-order valence-corrected chi connectivity index (χ2v) is 4.44. The van der Waals surface area contributed by atoms with Crippen LogP contribution in [0.2, 0.25) is 0 Å². The minimum Gasteiger partial charge on any atom is -0.469 e. The molecule has 0 saturated heterocycles. The largest absolute Gasteiger partial charge is 0.469 e. The van der Waals surface area contributed by atoms with E-state index in [0.717, 1.165) is 28.0 Å². The Bertz CT molecular complexity index is 490. The SMILES string of the molecule is CCn1ncc(Br)c1C(O)c1coc(C)c1. The van der Waals surface area contributed by atoms with E-state index in [0.29, 0.717) is 0 Å².